The molecule has 1 aromatic rings. The van der Waals surface area contributed by atoms with E-state index in [1.165, 1.54) is 12.7 Å². The number of nitrogens with zero attached hydrogens (tertiary/aromatic N) is 1. The molecule has 8 heteroatoms. The smallest absolute Gasteiger partial charge is 0.313 e. The maximum absolute atomic E-state index is 13.7. The van der Waals surface area contributed by atoms with Crippen LogP contribution in [-0.4, -0.2) is 62.6 Å². The molecule has 0 aromatic heterocycles. The van der Waals surface area contributed by atoms with Gasteiger partial charge in [0.2, 0.25) is 6.79 Å². The molecule has 3 aliphatic heterocycles. The summed E-state index contributed by atoms with van der Waals surface area (Å²) in [6.45, 7) is 5.89. The van der Waals surface area contributed by atoms with Gasteiger partial charge in [-0.05, 0) is 68.5 Å². The van der Waals surface area contributed by atoms with Crippen LogP contribution in [0.25, 0.3) is 0 Å². The number of fused-ring (bicyclic) bond motifs is 3. The van der Waals surface area contributed by atoms with Gasteiger partial charge in [-0.1, -0.05) is 13.3 Å². The fourth-order valence-corrected chi connectivity index (χ4v) is 6.56. The van der Waals surface area contributed by atoms with E-state index in [2.05, 4.69) is 23.1 Å². The lowest BCUT2D eigenvalue weighted by molar-refractivity contribution is -0.167. The Bertz CT molecular complexity index is 1050. The molecule has 0 unspecified atom stereocenters. The van der Waals surface area contributed by atoms with Crippen LogP contribution in [-0.2, 0) is 30.2 Å². The summed E-state index contributed by atoms with van der Waals surface area (Å²) in [5.41, 5.74) is 1.03. The Labute approximate surface area is 206 Å². The third-order valence-electron chi connectivity index (χ3n) is 8.25. The maximum atomic E-state index is 13.7. The number of esters is 2. The van der Waals surface area contributed by atoms with Crippen molar-refractivity contribution in [1.82, 2.24) is 4.90 Å². The average molecular weight is 486 g/mol. The van der Waals surface area contributed by atoms with E-state index in [0.717, 1.165) is 55.8 Å². The van der Waals surface area contributed by atoms with Crippen LogP contribution in [0.15, 0.2) is 24.0 Å². The topological polar surface area (TPSA) is 83.5 Å². The number of hydrogen-bond acceptors (Lipinski definition) is 8. The van der Waals surface area contributed by atoms with E-state index in [1.54, 1.807) is 14.0 Å². The molecule has 1 saturated heterocycles. The summed E-state index contributed by atoms with van der Waals surface area (Å²) in [6, 6.07) is 4.15. The Morgan fingerprint density at radius 2 is 1.97 bits per heavy atom. The van der Waals surface area contributed by atoms with Crippen molar-refractivity contribution in [1.29, 1.82) is 0 Å². The average Bonchev–Trinajstić information content (AvgIpc) is 3.52. The van der Waals surface area contributed by atoms with Gasteiger partial charge < -0.3 is 23.7 Å². The van der Waals surface area contributed by atoms with E-state index in [-0.39, 0.29) is 24.7 Å². The summed E-state index contributed by atoms with van der Waals surface area (Å²) >= 11 is 0. The van der Waals surface area contributed by atoms with Gasteiger partial charge in [0.25, 0.3) is 0 Å². The number of methoxy groups -OCH3 is 2. The number of carbonyl (C=O) groups is 2. The fourth-order valence-electron chi connectivity index (χ4n) is 6.56. The van der Waals surface area contributed by atoms with E-state index in [0.29, 0.717) is 12.2 Å². The normalized spacial score (nSPS) is 28.2. The van der Waals surface area contributed by atoms with E-state index in [9.17, 15) is 9.59 Å². The maximum Gasteiger partial charge on any atom is 0.313 e. The van der Waals surface area contributed by atoms with Gasteiger partial charge in [-0.25, -0.2) is 0 Å². The van der Waals surface area contributed by atoms with Crippen molar-refractivity contribution >= 4 is 11.9 Å². The monoisotopic (exact) mass is 485 g/mol. The molecule has 1 aliphatic carbocycles. The van der Waals surface area contributed by atoms with Gasteiger partial charge in [-0.15, -0.1) is 0 Å². The fraction of sp³-hybridized carbons (Fsp3) is 0.630. The standard InChI is InChI=1S/C27H35NO7/c1-5-8-26(2,15-22(29)32-4)25(30)35-24-21(31-3)14-27-9-6-10-28(27)11-7-17-12-19-20(34-16-33-19)13-18(17)23(24)27/h12-14,23-24H,5-11,15-16H2,1-4H3/t23-,24-,26+,27+/m1/s1. The SMILES string of the molecule is CCC[C@@](C)(CC(=O)OC)C(=O)O[C@@H]1C(OC)=C[C@]23CCCN2CCc2cc4c(cc2[C@H]13)OCO4. The van der Waals surface area contributed by atoms with Crippen LogP contribution >= 0.6 is 0 Å². The van der Waals surface area contributed by atoms with E-state index >= 15 is 0 Å². The van der Waals surface area contributed by atoms with Gasteiger partial charge in [0.15, 0.2) is 17.6 Å². The van der Waals surface area contributed by atoms with Crippen LogP contribution in [0, 0.1) is 5.41 Å². The predicted molar refractivity (Wildman–Crippen MR) is 127 cm³/mol. The van der Waals surface area contributed by atoms with Crippen molar-refractivity contribution < 1.29 is 33.3 Å². The van der Waals surface area contributed by atoms with Gasteiger partial charge in [0.1, 0.15) is 5.76 Å². The summed E-state index contributed by atoms with van der Waals surface area (Å²) in [7, 11) is 2.97. The minimum Gasteiger partial charge on any atom is -0.497 e. The molecule has 0 saturated carbocycles. The second kappa shape index (κ2) is 9.04. The summed E-state index contributed by atoms with van der Waals surface area (Å²) in [5.74, 6) is 1.20. The molecule has 1 fully saturated rings. The summed E-state index contributed by atoms with van der Waals surface area (Å²) in [5, 5.41) is 0. The molecule has 3 heterocycles. The Balaban J connectivity index is 1.56. The first-order chi connectivity index (χ1) is 16.8. The van der Waals surface area contributed by atoms with Gasteiger partial charge in [-0.3, -0.25) is 14.5 Å². The van der Waals surface area contributed by atoms with E-state index < -0.39 is 23.5 Å². The van der Waals surface area contributed by atoms with Crippen molar-refractivity contribution in [2.45, 2.75) is 69.9 Å². The number of rotatable bonds is 7. The third-order valence-corrected chi connectivity index (χ3v) is 8.25. The number of carbonyl (C=O) groups excluding carboxylic acids is 2. The summed E-state index contributed by atoms with van der Waals surface area (Å²) in [4.78, 5) is 28.4. The quantitative estimate of drug-likeness (QED) is 0.541. The highest BCUT2D eigenvalue weighted by atomic mass is 16.7. The predicted octanol–water partition coefficient (Wildman–Crippen LogP) is 3.71. The van der Waals surface area contributed by atoms with Crippen LogP contribution in [0.4, 0.5) is 0 Å². The molecule has 0 N–H and O–H groups in total. The molecule has 1 spiro atoms. The number of ether oxygens (including phenoxy) is 5. The number of hydrogen-bond donors (Lipinski definition) is 0. The Morgan fingerprint density at radius 3 is 2.69 bits per heavy atom. The van der Waals surface area contributed by atoms with Gasteiger partial charge >= 0.3 is 11.9 Å². The number of benzene rings is 1. The van der Waals surface area contributed by atoms with Crippen molar-refractivity contribution in [3.63, 3.8) is 0 Å². The molecule has 0 bridgehead atoms. The molecule has 8 nitrogen and oxygen atoms in total. The van der Waals surface area contributed by atoms with Crippen LogP contribution < -0.4 is 9.47 Å². The molecule has 4 aliphatic rings. The van der Waals surface area contributed by atoms with Gasteiger partial charge in [0.05, 0.1) is 37.5 Å². The Hall–Kier alpha value is -2.74. The molecular formula is C27H35NO7. The van der Waals surface area contributed by atoms with Crippen LogP contribution in [0.5, 0.6) is 11.5 Å². The van der Waals surface area contributed by atoms with Gasteiger partial charge in [0, 0.05) is 6.54 Å². The van der Waals surface area contributed by atoms with Crippen molar-refractivity contribution in [2.75, 3.05) is 34.1 Å². The molecule has 0 radical (unpaired) electrons. The Kier molecular flexibility index (Phi) is 6.20. The first-order valence-electron chi connectivity index (χ1n) is 12.6. The Morgan fingerprint density at radius 1 is 1.20 bits per heavy atom. The van der Waals surface area contributed by atoms with Crippen LogP contribution in [0.3, 0.4) is 0 Å². The van der Waals surface area contributed by atoms with E-state index in [1.807, 2.05) is 6.92 Å². The molecular weight excluding hydrogens is 450 g/mol. The molecule has 1 aromatic carbocycles. The molecule has 5 rings (SSSR count). The zero-order valence-electron chi connectivity index (χ0n) is 21.1. The third kappa shape index (κ3) is 3.86. The molecule has 35 heavy (non-hydrogen) atoms. The lowest BCUT2D eigenvalue weighted by Gasteiger charge is -2.40. The summed E-state index contributed by atoms with van der Waals surface area (Å²) < 4.78 is 28.5. The first-order valence-corrected chi connectivity index (χ1v) is 12.6. The second-order valence-electron chi connectivity index (χ2n) is 10.4. The highest BCUT2D eigenvalue weighted by Gasteiger charge is 2.58. The lowest BCUT2D eigenvalue weighted by atomic mass is 9.77. The second-order valence-corrected chi connectivity index (χ2v) is 10.4. The highest BCUT2D eigenvalue weighted by Crippen LogP contribution is 2.56. The van der Waals surface area contributed by atoms with Crippen molar-refractivity contribution in [2.24, 2.45) is 5.41 Å². The first kappa shape index (κ1) is 24.0. The van der Waals surface area contributed by atoms with E-state index in [4.69, 9.17) is 23.7 Å². The molecule has 190 valence electrons. The van der Waals surface area contributed by atoms with Crippen LogP contribution in [0.1, 0.15) is 63.0 Å². The zero-order chi connectivity index (χ0) is 24.8. The van der Waals surface area contributed by atoms with Crippen LogP contribution in [0.2, 0.25) is 0 Å². The lowest BCUT2D eigenvalue weighted by Crippen LogP contribution is -2.48. The summed E-state index contributed by atoms with van der Waals surface area (Å²) in [6.07, 6.45) is 5.74. The van der Waals surface area contributed by atoms with Gasteiger partial charge in [-0.2, -0.15) is 0 Å². The minimum absolute atomic E-state index is 0.0217. The molecule has 0 amide bonds. The minimum atomic E-state index is -0.978. The largest absolute Gasteiger partial charge is 0.497 e. The zero-order valence-corrected chi connectivity index (χ0v) is 21.1. The van der Waals surface area contributed by atoms with Crippen molar-refractivity contribution in [3.8, 4) is 11.5 Å². The van der Waals surface area contributed by atoms with Crippen molar-refractivity contribution in [3.05, 3.63) is 35.1 Å². The highest BCUT2D eigenvalue weighted by molar-refractivity contribution is 5.83. The molecule has 4 atom stereocenters.